The molecule has 0 spiro atoms. The van der Waals surface area contributed by atoms with Gasteiger partial charge in [-0.25, -0.2) is 0 Å². The quantitative estimate of drug-likeness (QED) is 0.878. The van der Waals surface area contributed by atoms with Gasteiger partial charge in [-0.05, 0) is 29.7 Å². The van der Waals surface area contributed by atoms with Crippen LogP contribution in [0.25, 0.3) is 0 Å². The lowest BCUT2D eigenvalue weighted by Crippen LogP contribution is -2.11. The van der Waals surface area contributed by atoms with E-state index < -0.39 is 0 Å². The van der Waals surface area contributed by atoms with Crippen molar-refractivity contribution in [1.82, 2.24) is 10.2 Å². The number of carbonyl (C=O) groups excluding carboxylic acids is 1. The summed E-state index contributed by atoms with van der Waals surface area (Å²) in [5, 5.41) is 14.0. The van der Waals surface area contributed by atoms with Crippen molar-refractivity contribution in [2.75, 3.05) is 10.6 Å². The molecule has 2 aromatic rings. The fourth-order valence-corrected chi connectivity index (χ4v) is 1.95. The molecule has 5 nitrogen and oxygen atoms in total. The van der Waals surface area contributed by atoms with Crippen LogP contribution in [0.5, 0.6) is 0 Å². The van der Waals surface area contributed by atoms with Gasteiger partial charge in [0.2, 0.25) is 5.91 Å². The van der Waals surface area contributed by atoms with E-state index >= 15 is 0 Å². The topological polar surface area (TPSA) is 66.9 Å². The first-order chi connectivity index (χ1) is 10.1. The number of nitrogens with one attached hydrogen (secondary N) is 2. The van der Waals surface area contributed by atoms with Crippen molar-refractivity contribution in [1.29, 1.82) is 0 Å². The van der Waals surface area contributed by atoms with E-state index in [-0.39, 0.29) is 5.91 Å². The number of anilines is 3. The number of hydrogen-bond acceptors (Lipinski definition) is 4. The molecule has 0 bridgehead atoms. The molecule has 1 aromatic carbocycles. The van der Waals surface area contributed by atoms with E-state index in [0.29, 0.717) is 24.0 Å². The van der Waals surface area contributed by atoms with E-state index in [9.17, 15) is 4.79 Å². The second-order valence-electron chi connectivity index (χ2n) is 5.07. The summed E-state index contributed by atoms with van der Waals surface area (Å²) in [5.41, 5.74) is 2.25. The Hall–Kier alpha value is -2.43. The highest BCUT2D eigenvalue weighted by molar-refractivity contribution is 5.89. The molecule has 0 radical (unpaired) electrons. The van der Waals surface area contributed by atoms with E-state index in [2.05, 4.69) is 40.7 Å². The van der Waals surface area contributed by atoms with Gasteiger partial charge in [0, 0.05) is 12.1 Å². The van der Waals surface area contributed by atoms with Gasteiger partial charge in [0.15, 0.2) is 11.6 Å². The molecule has 0 aliphatic heterocycles. The van der Waals surface area contributed by atoms with Crippen LogP contribution < -0.4 is 10.6 Å². The highest BCUT2D eigenvalue weighted by atomic mass is 16.1. The Morgan fingerprint density at radius 2 is 1.76 bits per heavy atom. The Kier molecular flexibility index (Phi) is 4.87. The molecule has 0 aliphatic carbocycles. The van der Waals surface area contributed by atoms with Gasteiger partial charge in [0.05, 0.1) is 0 Å². The highest BCUT2D eigenvalue weighted by Crippen LogP contribution is 2.26. The summed E-state index contributed by atoms with van der Waals surface area (Å²) >= 11 is 0. The van der Waals surface area contributed by atoms with Crippen LogP contribution in [0.1, 0.15) is 38.7 Å². The standard InChI is InChI=1S/C16H20N4O/c1-4-16(21)18-15-10-9-14(19-20-15)17-13-8-6-5-7-12(13)11(2)3/h5-11H,4H2,1-3H3,(H,17,19)(H,18,20,21). The van der Waals surface area contributed by atoms with Crippen molar-refractivity contribution < 1.29 is 4.79 Å². The van der Waals surface area contributed by atoms with Crippen molar-refractivity contribution in [2.24, 2.45) is 0 Å². The van der Waals surface area contributed by atoms with Gasteiger partial charge < -0.3 is 10.6 Å². The smallest absolute Gasteiger partial charge is 0.225 e. The molecule has 0 unspecified atom stereocenters. The second kappa shape index (κ2) is 6.83. The molecule has 0 atom stereocenters. The average molecular weight is 284 g/mol. The molecule has 21 heavy (non-hydrogen) atoms. The number of carbonyl (C=O) groups is 1. The summed E-state index contributed by atoms with van der Waals surface area (Å²) in [6, 6.07) is 11.7. The first-order valence-electron chi connectivity index (χ1n) is 7.09. The molecule has 1 amide bonds. The predicted molar refractivity (Wildman–Crippen MR) is 84.8 cm³/mol. The molecule has 5 heteroatoms. The third-order valence-corrected chi connectivity index (χ3v) is 3.10. The van der Waals surface area contributed by atoms with E-state index in [1.807, 2.05) is 18.2 Å². The molecule has 0 saturated carbocycles. The third kappa shape index (κ3) is 4.02. The molecule has 0 saturated heterocycles. The van der Waals surface area contributed by atoms with Gasteiger partial charge in [0.1, 0.15) is 0 Å². The number of amides is 1. The maximum atomic E-state index is 11.3. The number of para-hydroxylation sites is 1. The van der Waals surface area contributed by atoms with Gasteiger partial charge in [-0.2, -0.15) is 0 Å². The molecule has 1 aromatic heterocycles. The van der Waals surface area contributed by atoms with Crippen molar-refractivity contribution in [3.63, 3.8) is 0 Å². The molecule has 2 N–H and O–H groups in total. The van der Waals surface area contributed by atoms with Crippen LogP contribution in [0, 0.1) is 0 Å². The van der Waals surface area contributed by atoms with Crippen LogP contribution in [0.2, 0.25) is 0 Å². The lowest BCUT2D eigenvalue weighted by atomic mass is 10.0. The molecule has 110 valence electrons. The Morgan fingerprint density at radius 1 is 1.10 bits per heavy atom. The van der Waals surface area contributed by atoms with Crippen LogP contribution >= 0.6 is 0 Å². The van der Waals surface area contributed by atoms with E-state index in [1.54, 1.807) is 19.1 Å². The van der Waals surface area contributed by atoms with Crippen molar-refractivity contribution in [2.45, 2.75) is 33.1 Å². The van der Waals surface area contributed by atoms with E-state index in [0.717, 1.165) is 5.69 Å². The summed E-state index contributed by atoms with van der Waals surface area (Å²) in [7, 11) is 0. The van der Waals surface area contributed by atoms with Gasteiger partial charge in [-0.1, -0.05) is 39.0 Å². The first-order valence-corrected chi connectivity index (χ1v) is 7.09. The number of aromatic nitrogens is 2. The minimum atomic E-state index is -0.0739. The SMILES string of the molecule is CCC(=O)Nc1ccc(Nc2ccccc2C(C)C)nn1. The normalized spacial score (nSPS) is 10.5. The first kappa shape index (κ1) is 15.0. The van der Waals surface area contributed by atoms with Gasteiger partial charge >= 0.3 is 0 Å². The lowest BCUT2D eigenvalue weighted by Gasteiger charge is -2.13. The molecule has 1 heterocycles. The number of rotatable bonds is 5. The number of nitrogens with zero attached hydrogens (tertiary/aromatic N) is 2. The minimum Gasteiger partial charge on any atom is -0.338 e. The van der Waals surface area contributed by atoms with Crippen molar-refractivity contribution >= 4 is 23.2 Å². The largest absolute Gasteiger partial charge is 0.338 e. The molecular weight excluding hydrogens is 264 g/mol. The zero-order chi connectivity index (χ0) is 15.2. The maximum absolute atomic E-state index is 11.3. The zero-order valence-electron chi connectivity index (χ0n) is 12.6. The second-order valence-corrected chi connectivity index (χ2v) is 5.07. The summed E-state index contributed by atoms with van der Waals surface area (Å²) in [6.07, 6.45) is 0.420. The van der Waals surface area contributed by atoms with Crippen LogP contribution in [0.15, 0.2) is 36.4 Å². The van der Waals surface area contributed by atoms with Crippen LogP contribution in [-0.4, -0.2) is 16.1 Å². The fourth-order valence-electron chi connectivity index (χ4n) is 1.95. The van der Waals surface area contributed by atoms with Crippen molar-refractivity contribution in [3.8, 4) is 0 Å². The summed E-state index contributed by atoms with van der Waals surface area (Å²) in [5.74, 6) is 1.46. The monoisotopic (exact) mass is 284 g/mol. The lowest BCUT2D eigenvalue weighted by molar-refractivity contribution is -0.115. The number of hydrogen-bond donors (Lipinski definition) is 2. The Bertz CT molecular complexity index is 608. The highest BCUT2D eigenvalue weighted by Gasteiger charge is 2.07. The van der Waals surface area contributed by atoms with Crippen molar-refractivity contribution in [3.05, 3.63) is 42.0 Å². The maximum Gasteiger partial charge on any atom is 0.225 e. The Labute approximate surface area is 124 Å². The fraction of sp³-hybridized carbons (Fsp3) is 0.312. The van der Waals surface area contributed by atoms with Gasteiger partial charge in [-0.3, -0.25) is 4.79 Å². The summed E-state index contributed by atoms with van der Waals surface area (Å²) in [4.78, 5) is 11.3. The van der Waals surface area contributed by atoms with Gasteiger partial charge in [0.25, 0.3) is 0 Å². The van der Waals surface area contributed by atoms with Crippen LogP contribution in [0.4, 0.5) is 17.3 Å². The van der Waals surface area contributed by atoms with E-state index in [4.69, 9.17) is 0 Å². The molecule has 0 fully saturated rings. The minimum absolute atomic E-state index is 0.0739. The zero-order valence-corrected chi connectivity index (χ0v) is 12.6. The van der Waals surface area contributed by atoms with E-state index in [1.165, 1.54) is 5.56 Å². The van der Waals surface area contributed by atoms with Crippen LogP contribution in [-0.2, 0) is 4.79 Å². The molecular formula is C16H20N4O. The summed E-state index contributed by atoms with van der Waals surface area (Å²) in [6.45, 7) is 6.09. The Morgan fingerprint density at radius 3 is 2.38 bits per heavy atom. The Balaban J connectivity index is 2.12. The van der Waals surface area contributed by atoms with Gasteiger partial charge in [-0.15, -0.1) is 10.2 Å². The predicted octanol–water partition coefficient (Wildman–Crippen LogP) is 3.69. The third-order valence-electron chi connectivity index (χ3n) is 3.10. The van der Waals surface area contributed by atoms with Crippen LogP contribution in [0.3, 0.4) is 0 Å². The molecule has 2 rings (SSSR count). The summed E-state index contributed by atoms with van der Waals surface area (Å²) < 4.78 is 0. The average Bonchev–Trinajstić information content (AvgIpc) is 2.49. The number of benzene rings is 1. The molecule has 0 aliphatic rings.